The van der Waals surface area contributed by atoms with Crippen LogP contribution in [0.3, 0.4) is 0 Å². The zero-order valence-electron chi connectivity index (χ0n) is 31.9. The van der Waals surface area contributed by atoms with E-state index >= 15 is 0 Å². The lowest BCUT2D eigenvalue weighted by Crippen LogP contribution is -2.45. The van der Waals surface area contributed by atoms with E-state index in [0.717, 1.165) is 44.9 Å². The number of nitrogens with one attached hydrogen (secondary N) is 1. The predicted molar refractivity (Wildman–Crippen MR) is 205 cm³/mol. The molecule has 0 rings (SSSR count). The zero-order valence-corrected chi connectivity index (χ0v) is 32.8. The Morgan fingerprint density at radius 3 is 1.78 bits per heavy atom. The topological polar surface area (TPSA) is 108 Å². The second-order valence-electron chi connectivity index (χ2n) is 13.9. The Hall–Kier alpha value is -1.80. The van der Waals surface area contributed by atoms with Gasteiger partial charge in [-0.1, -0.05) is 145 Å². The average molecular weight is 709 g/mol. The summed E-state index contributed by atoms with van der Waals surface area (Å²) in [7, 11) is 1.21. The highest BCUT2D eigenvalue weighted by atomic mass is 31.2. The van der Waals surface area contributed by atoms with Crippen LogP contribution in [0.2, 0.25) is 0 Å². The number of nitrogens with zero attached hydrogens (tertiary/aromatic N) is 1. The van der Waals surface area contributed by atoms with Crippen LogP contribution in [-0.4, -0.2) is 68.5 Å². The van der Waals surface area contributed by atoms with Crippen LogP contribution in [0, 0.1) is 0 Å². The first kappa shape index (κ1) is 47.2. The number of aliphatic hydroxyl groups is 1. The minimum absolute atomic E-state index is 0.0162. The predicted octanol–water partition coefficient (Wildman–Crippen LogP) is 9.27. The number of carbonyl (C=O) groups excluding carboxylic acids is 1. The van der Waals surface area contributed by atoms with Crippen LogP contribution < -0.4 is 10.2 Å². The van der Waals surface area contributed by atoms with Crippen molar-refractivity contribution in [2.75, 3.05) is 40.9 Å². The maximum Gasteiger partial charge on any atom is 0.268 e. The molecule has 0 radical (unpaired) electrons. The third-order valence-corrected chi connectivity index (χ3v) is 8.96. The molecule has 0 spiro atoms. The summed E-state index contributed by atoms with van der Waals surface area (Å²) in [4.78, 5) is 25.1. The number of unbranched alkanes of at least 4 members (excludes halogenated alkanes) is 12. The monoisotopic (exact) mass is 709 g/mol. The van der Waals surface area contributed by atoms with Gasteiger partial charge in [-0.3, -0.25) is 9.36 Å². The fourth-order valence-electron chi connectivity index (χ4n) is 4.92. The van der Waals surface area contributed by atoms with Crippen molar-refractivity contribution < 1.29 is 32.9 Å². The maximum atomic E-state index is 12.7. The van der Waals surface area contributed by atoms with Crippen LogP contribution in [0.4, 0.5) is 0 Å². The largest absolute Gasteiger partial charge is 0.756 e. The zero-order chi connectivity index (χ0) is 36.5. The second kappa shape index (κ2) is 32.1. The summed E-state index contributed by atoms with van der Waals surface area (Å²) in [5.74, 6) is -0.281. The molecular formula is C40H73N2O6P. The van der Waals surface area contributed by atoms with Crippen LogP contribution >= 0.6 is 7.82 Å². The van der Waals surface area contributed by atoms with E-state index in [-0.39, 0.29) is 18.9 Å². The molecule has 0 saturated heterocycles. The number of hydrogen-bond donors (Lipinski definition) is 2. The highest BCUT2D eigenvalue weighted by Gasteiger charge is 2.23. The fraction of sp³-hybridized carbons (Fsp3) is 0.725. The third-order valence-electron chi connectivity index (χ3n) is 8.00. The van der Waals surface area contributed by atoms with Gasteiger partial charge in [0.25, 0.3) is 7.82 Å². The molecule has 0 aliphatic carbocycles. The second-order valence-corrected chi connectivity index (χ2v) is 15.3. The molecule has 0 heterocycles. The molecular weight excluding hydrogens is 635 g/mol. The Morgan fingerprint density at radius 1 is 0.735 bits per heavy atom. The van der Waals surface area contributed by atoms with Crippen molar-refractivity contribution in [1.82, 2.24) is 5.32 Å². The van der Waals surface area contributed by atoms with Crippen molar-refractivity contribution >= 4 is 13.7 Å². The number of rotatable bonds is 33. The van der Waals surface area contributed by atoms with Gasteiger partial charge >= 0.3 is 0 Å². The fourth-order valence-corrected chi connectivity index (χ4v) is 5.65. The normalized spacial score (nSPS) is 15.3. The van der Waals surface area contributed by atoms with E-state index in [4.69, 9.17) is 9.05 Å². The third kappa shape index (κ3) is 34.4. The number of quaternary nitrogens is 1. The Bertz CT molecular complexity index is 986. The lowest BCUT2D eigenvalue weighted by Gasteiger charge is -2.29. The van der Waals surface area contributed by atoms with E-state index < -0.39 is 26.6 Å². The number of hydrogen-bond acceptors (Lipinski definition) is 6. The van der Waals surface area contributed by atoms with Crippen molar-refractivity contribution in [3.63, 3.8) is 0 Å². The van der Waals surface area contributed by atoms with E-state index in [1.807, 2.05) is 39.4 Å². The Kier molecular flexibility index (Phi) is 31.0. The Labute approximate surface area is 301 Å². The molecule has 8 nitrogen and oxygen atoms in total. The standard InChI is InChI=1S/C40H73N2O6P/c1-6-8-10-12-14-16-18-20-22-23-25-27-29-31-33-39(43)38(37-48-49(45,46)47-36-35-42(3,4)5)41-40(44)34-32-30-28-26-24-21-19-17-15-13-11-9-7-2/h9,11,15,17,21,24,28,30-31,33,38-39,43H,6-8,10,12-14,16,18-20,22-23,25-27,29,32,34-37H2,1-5H3,(H-,41,44,45,46)/b11-9-,17-15-,24-21-,30-28-,33-31+. The molecule has 0 aromatic carbocycles. The first-order valence-electron chi connectivity index (χ1n) is 19.2. The van der Waals surface area contributed by atoms with Crippen LogP contribution in [0.1, 0.15) is 136 Å². The first-order valence-corrected chi connectivity index (χ1v) is 20.6. The van der Waals surface area contributed by atoms with Crippen molar-refractivity contribution in [3.05, 3.63) is 60.8 Å². The van der Waals surface area contributed by atoms with Crippen LogP contribution in [0.25, 0.3) is 0 Å². The molecule has 49 heavy (non-hydrogen) atoms. The number of allylic oxidation sites excluding steroid dienone is 9. The highest BCUT2D eigenvalue weighted by Crippen LogP contribution is 2.38. The Morgan fingerprint density at radius 2 is 1.24 bits per heavy atom. The molecule has 0 saturated carbocycles. The van der Waals surface area contributed by atoms with E-state index in [1.165, 1.54) is 64.2 Å². The summed E-state index contributed by atoms with van der Waals surface area (Å²) in [6, 6.07) is -0.924. The van der Waals surface area contributed by atoms with Gasteiger partial charge in [0.15, 0.2) is 0 Å². The number of likely N-dealkylation sites (N-methyl/N-ethyl adjacent to an activating group) is 1. The molecule has 1 amide bonds. The van der Waals surface area contributed by atoms with Gasteiger partial charge in [0, 0.05) is 6.42 Å². The Balaban J connectivity index is 4.67. The number of aliphatic hydroxyl groups excluding tert-OH is 1. The van der Waals surface area contributed by atoms with E-state index in [0.29, 0.717) is 17.4 Å². The number of amides is 1. The smallest absolute Gasteiger partial charge is 0.268 e. The molecule has 0 aliphatic rings. The van der Waals surface area contributed by atoms with Gasteiger partial charge in [0.2, 0.25) is 5.91 Å². The molecule has 0 aromatic rings. The summed E-state index contributed by atoms with van der Waals surface area (Å²) in [5.41, 5.74) is 0. The molecule has 0 aromatic heterocycles. The molecule has 3 unspecified atom stereocenters. The lowest BCUT2D eigenvalue weighted by atomic mass is 10.0. The summed E-state index contributed by atoms with van der Waals surface area (Å²) >= 11 is 0. The molecule has 0 fully saturated rings. The molecule has 2 N–H and O–H groups in total. The minimum Gasteiger partial charge on any atom is -0.756 e. The summed E-state index contributed by atoms with van der Waals surface area (Å²) in [6.07, 6.45) is 39.9. The van der Waals surface area contributed by atoms with Gasteiger partial charge in [0.1, 0.15) is 13.2 Å². The van der Waals surface area contributed by atoms with Crippen LogP contribution in [0.15, 0.2) is 60.8 Å². The summed E-state index contributed by atoms with van der Waals surface area (Å²) < 4.78 is 23.0. The number of phosphoric acid groups is 1. The van der Waals surface area contributed by atoms with E-state index in [2.05, 4.69) is 55.6 Å². The summed E-state index contributed by atoms with van der Waals surface area (Å²) in [6.45, 7) is 4.43. The first-order chi connectivity index (χ1) is 23.5. The van der Waals surface area contributed by atoms with E-state index in [1.54, 1.807) is 6.08 Å². The minimum atomic E-state index is -4.60. The van der Waals surface area contributed by atoms with Crippen molar-refractivity contribution in [2.24, 2.45) is 0 Å². The molecule has 3 atom stereocenters. The molecule has 0 aliphatic heterocycles. The molecule has 0 bridgehead atoms. The van der Waals surface area contributed by atoms with Crippen molar-refractivity contribution in [1.29, 1.82) is 0 Å². The van der Waals surface area contributed by atoms with E-state index in [9.17, 15) is 19.4 Å². The van der Waals surface area contributed by atoms with Gasteiger partial charge < -0.3 is 28.8 Å². The quantitative estimate of drug-likeness (QED) is 0.0305. The van der Waals surface area contributed by atoms with Gasteiger partial charge in [-0.2, -0.15) is 0 Å². The highest BCUT2D eigenvalue weighted by molar-refractivity contribution is 7.45. The number of phosphoric ester groups is 1. The van der Waals surface area contributed by atoms with Gasteiger partial charge in [-0.05, 0) is 44.9 Å². The van der Waals surface area contributed by atoms with Crippen LogP contribution in [-0.2, 0) is 18.4 Å². The van der Waals surface area contributed by atoms with Gasteiger partial charge in [-0.15, -0.1) is 0 Å². The van der Waals surface area contributed by atoms with Gasteiger partial charge in [0.05, 0.1) is 39.9 Å². The van der Waals surface area contributed by atoms with Gasteiger partial charge in [-0.25, -0.2) is 0 Å². The summed E-state index contributed by atoms with van der Waals surface area (Å²) in [5, 5.41) is 13.6. The van der Waals surface area contributed by atoms with Crippen molar-refractivity contribution in [3.8, 4) is 0 Å². The molecule has 9 heteroatoms. The van der Waals surface area contributed by atoms with Crippen molar-refractivity contribution in [2.45, 2.75) is 148 Å². The number of carbonyl (C=O) groups is 1. The SMILES string of the molecule is CC/C=C\C/C=C\C/C=C\C/C=C\CCC(=O)NC(COP(=O)([O-])OCC[N+](C)(C)C)C(O)/C=C/CCCCCCCCCCCCCC. The lowest BCUT2D eigenvalue weighted by molar-refractivity contribution is -0.870. The molecule has 284 valence electrons. The van der Waals surface area contributed by atoms with Crippen LogP contribution in [0.5, 0.6) is 0 Å². The maximum absolute atomic E-state index is 12.7. The average Bonchev–Trinajstić information content (AvgIpc) is 3.04.